The van der Waals surface area contributed by atoms with Crippen molar-refractivity contribution in [2.75, 3.05) is 18.9 Å². The van der Waals surface area contributed by atoms with Crippen LogP contribution in [-0.4, -0.2) is 30.3 Å². The van der Waals surface area contributed by atoms with Crippen LogP contribution in [0.15, 0.2) is 54.6 Å². The van der Waals surface area contributed by atoms with E-state index in [1.165, 1.54) is 4.90 Å². The largest absolute Gasteiger partial charge is 0.341 e. The van der Waals surface area contributed by atoms with E-state index >= 15 is 0 Å². The molecule has 2 amide bonds. The molecule has 0 aliphatic heterocycles. The monoisotopic (exact) mass is 307 g/mol. The molecule has 0 atom stereocenters. The fraction of sp³-hybridized carbons (Fsp3) is 0.167. The van der Waals surface area contributed by atoms with Crippen LogP contribution in [0.5, 0.6) is 0 Å². The molecular weight excluding hydrogens is 290 g/mol. The third-order valence-corrected chi connectivity index (χ3v) is 3.33. The summed E-state index contributed by atoms with van der Waals surface area (Å²) in [6, 6.07) is 17.6. The molecular formula is C18H17N3O2. The van der Waals surface area contributed by atoms with Crippen molar-refractivity contribution in [1.29, 1.82) is 5.26 Å². The molecule has 0 fully saturated rings. The molecule has 23 heavy (non-hydrogen) atoms. The summed E-state index contributed by atoms with van der Waals surface area (Å²) in [4.78, 5) is 25.7. The third-order valence-electron chi connectivity index (χ3n) is 3.33. The van der Waals surface area contributed by atoms with E-state index in [2.05, 4.69) is 5.32 Å². The second kappa shape index (κ2) is 7.76. The van der Waals surface area contributed by atoms with Crippen molar-refractivity contribution in [3.8, 4) is 6.07 Å². The number of hydrogen-bond acceptors (Lipinski definition) is 3. The van der Waals surface area contributed by atoms with Crippen LogP contribution in [-0.2, 0) is 0 Å². The lowest BCUT2D eigenvalue weighted by atomic mass is 10.1. The fourth-order valence-electron chi connectivity index (χ4n) is 2.03. The minimum atomic E-state index is -0.198. The Kier molecular flexibility index (Phi) is 5.48. The highest BCUT2D eigenvalue weighted by molar-refractivity contribution is 6.04. The molecule has 0 bridgehead atoms. The normalized spacial score (nSPS) is 9.74. The van der Waals surface area contributed by atoms with Gasteiger partial charge in [0.2, 0.25) is 0 Å². The molecule has 0 aliphatic rings. The number of anilines is 1. The van der Waals surface area contributed by atoms with Gasteiger partial charge in [0.05, 0.1) is 12.5 Å². The first-order valence-corrected chi connectivity index (χ1v) is 7.20. The fourth-order valence-corrected chi connectivity index (χ4v) is 2.03. The highest BCUT2D eigenvalue weighted by Crippen LogP contribution is 2.13. The van der Waals surface area contributed by atoms with Crippen LogP contribution >= 0.6 is 0 Å². The van der Waals surface area contributed by atoms with Crippen molar-refractivity contribution in [1.82, 2.24) is 4.90 Å². The first-order valence-electron chi connectivity index (χ1n) is 7.20. The number of nitrogens with zero attached hydrogens (tertiary/aromatic N) is 2. The smallest absolute Gasteiger partial charge is 0.255 e. The van der Waals surface area contributed by atoms with Gasteiger partial charge in [-0.25, -0.2) is 0 Å². The van der Waals surface area contributed by atoms with Crippen molar-refractivity contribution < 1.29 is 9.59 Å². The molecule has 0 aromatic heterocycles. The van der Waals surface area contributed by atoms with Crippen LogP contribution in [0, 0.1) is 11.3 Å². The summed E-state index contributed by atoms with van der Waals surface area (Å²) in [5.41, 5.74) is 1.71. The molecule has 0 saturated carbocycles. The van der Waals surface area contributed by atoms with Gasteiger partial charge in [-0.1, -0.05) is 18.2 Å². The summed E-state index contributed by atoms with van der Waals surface area (Å²) in [7, 11) is 1.66. The second-order valence-electron chi connectivity index (χ2n) is 5.03. The number of nitriles is 1. The molecule has 1 N–H and O–H groups in total. The predicted octanol–water partition coefficient (Wildman–Crippen LogP) is 2.92. The maximum atomic E-state index is 12.1. The summed E-state index contributed by atoms with van der Waals surface area (Å²) in [5, 5.41) is 11.3. The summed E-state index contributed by atoms with van der Waals surface area (Å²) >= 11 is 0. The number of rotatable bonds is 5. The second-order valence-corrected chi connectivity index (χ2v) is 5.03. The van der Waals surface area contributed by atoms with Crippen molar-refractivity contribution >= 4 is 17.5 Å². The minimum Gasteiger partial charge on any atom is -0.341 e. The van der Waals surface area contributed by atoms with E-state index in [1.54, 1.807) is 55.6 Å². The molecule has 2 aromatic carbocycles. The number of nitrogens with one attached hydrogen (secondary N) is 1. The van der Waals surface area contributed by atoms with E-state index in [-0.39, 0.29) is 11.8 Å². The summed E-state index contributed by atoms with van der Waals surface area (Å²) in [5.74, 6) is -0.350. The van der Waals surface area contributed by atoms with E-state index in [4.69, 9.17) is 5.26 Å². The molecule has 5 nitrogen and oxygen atoms in total. The molecule has 0 aliphatic carbocycles. The zero-order chi connectivity index (χ0) is 16.7. The van der Waals surface area contributed by atoms with Gasteiger partial charge in [-0.15, -0.1) is 0 Å². The van der Waals surface area contributed by atoms with Crippen molar-refractivity contribution in [2.24, 2.45) is 0 Å². The Hall–Kier alpha value is -3.13. The molecule has 5 heteroatoms. The highest BCUT2D eigenvalue weighted by atomic mass is 16.2. The highest BCUT2D eigenvalue weighted by Gasteiger charge is 2.11. The Morgan fingerprint density at radius 1 is 1.04 bits per heavy atom. The molecule has 2 aromatic rings. The topological polar surface area (TPSA) is 73.2 Å². The number of amides is 2. The van der Waals surface area contributed by atoms with Crippen LogP contribution in [0.1, 0.15) is 27.1 Å². The Morgan fingerprint density at radius 2 is 1.70 bits per heavy atom. The van der Waals surface area contributed by atoms with Gasteiger partial charge in [-0.2, -0.15) is 5.26 Å². The van der Waals surface area contributed by atoms with E-state index in [1.807, 2.05) is 12.1 Å². The Bertz CT molecular complexity index is 718. The van der Waals surface area contributed by atoms with Gasteiger partial charge in [0.1, 0.15) is 0 Å². The van der Waals surface area contributed by atoms with Gasteiger partial charge in [0, 0.05) is 30.4 Å². The number of carbonyl (C=O) groups is 2. The lowest BCUT2D eigenvalue weighted by Gasteiger charge is -2.15. The van der Waals surface area contributed by atoms with Crippen LogP contribution < -0.4 is 5.32 Å². The minimum absolute atomic E-state index is 0.152. The van der Waals surface area contributed by atoms with Crippen molar-refractivity contribution in [3.63, 3.8) is 0 Å². The Balaban J connectivity index is 2.01. The van der Waals surface area contributed by atoms with Crippen LogP contribution in [0.4, 0.5) is 5.69 Å². The molecule has 0 radical (unpaired) electrons. The standard InChI is InChI=1S/C18H17N3O2/c1-21(13-5-12-19)18(23)15-8-10-16(11-9-15)20-17(22)14-6-3-2-4-7-14/h2-4,6-11H,5,13H2,1H3,(H,20,22). The Labute approximate surface area is 135 Å². The predicted molar refractivity (Wildman–Crippen MR) is 88.0 cm³/mol. The van der Waals surface area contributed by atoms with Crippen LogP contribution in [0.3, 0.4) is 0 Å². The zero-order valence-electron chi connectivity index (χ0n) is 12.8. The molecule has 0 spiro atoms. The van der Waals surface area contributed by atoms with Gasteiger partial charge in [0.15, 0.2) is 0 Å². The molecule has 116 valence electrons. The maximum Gasteiger partial charge on any atom is 0.255 e. The number of benzene rings is 2. The molecule has 0 saturated heterocycles. The first kappa shape index (κ1) is 16.2. The van der Waals surface area contributed by atoms with Crippen molar-refractivity contribution in [2.45, 2.75) is 6.42 Å². The Morgan fingerprint density at radius 3 is 2.30 bits per heavy atom. The lowest BCUT2D eigenvalue weighted by Crippen LogP contribution is -2.27. The van der Waals surface area contributed by atoms with Crippen LogP contribution in [0.2, 0.25) is 0 Å². The number of carbonyl (C=O) groups excluding carboxylic acids is 2. The van der Waals surface area contributed by atoms with E-state index in [9.17, 15) is 9.59 Å². The SMILES string of the molecule is CN(CCC#N)C(=O)c1ccc(NC(=O)c2ccccc2)cc1. The van der Waals surface area contributed by atoms with Gasteiger partial charge >= 0.3 is 0 Å². The lowest BCUT2D eigenvalue weighted by molar-refractivity contribution is 0.0798. The van der Waals surface area contributed by atoms with Gasteiger partial charge in [0.25, 0.3) is 11.8 Å². The number of hydrogen-bond donors (Lipinski definition) is 1. The summed E-state index contributed by atoms with van der Waals surface area (Å²) in [6.45, 7) is 0.391. The average molecular weight is 307 g/mol. The quantitative estimate of drug-likeness (QED) is 0.923. The average Bonchev–Trinajstić information content (AvgIpc) is 2.60. The summed E-state index contributed by atoms with van der Waals surface area (Å²) < 4.78 is 0. The summed E-state index contributed by atoms with van der Waals surface area (Å²) in [6.07, 6.45) is 0.299. The molecule has 2 rings (SSSR count). The van der Waals surface area contributed by atoms with Gasteiger partial charge in [-0.05, 0) is 36.4 Å². The van der Waals surface area contributed by atoms with Gasteiger partial charge < -0.3 is 10.2 Å². The van der Waals surface area contributed by atoms with E-state index in [0.717, 1.165) is 0 Å². The van der Waals surface area contributed by atoms with Crippen molar-refractivity contribution in [3.05, 3.63) is 65.7 Å². The first-order chi connectivity index (χ1) is 11.1. The maximum absolute atomic E-state index is 12.1. The molecule has 0 heterocycles. The molecule has 0 unspecified atom stereocenters. The van der Waals surface area contributed by atoms with Crippen LogP contribution in [0.25, 0.3) is 0 Å². The van der Waals surface area contributed by atoms with Gasteiger partial charge in [-0.3, -0.25) is 9.59 Å². The van der Waals surface area contributed by atoms with E-state index < -0.39 is 0 Å². The third kappa shape index (κ3) is 4.42. The van der Waals surface area contributed by atoms with E-state index in [0.29, 0.717) is 29.8 Å². The zero-order valence-corrected chi connectivity index (χ0v) is 12.8.